The van der Waals surface area contributed by atoms with E-state index >= 15 is 0 Å². The van der Waals surface area contributed by atoms with Gasteiger partial charge in [0.25, 0.3) is 0 Å². The maximum absolute atomic E-state index is 6.53. The largest absolute Gasteiger partial charge is 0.456 e. The molecular formula is C134H83N3OS5. The molecule has 0 aliphatic rings. The van der Waals surface area contributed by atoms with E-state index in [9.17, 15) is 0 Å². The molecule has 30 aromatic rings. The quantitative estimate of drug-likeness (QED) is 0.115. The van der Waals surface area contributed by atoms with E-state index < -0.39 is 0 Å². The lowest BCUT2D eigenvalue weighted by Gasteiger charge is -2.27. The molecule has 24 aromatic carbocycles. The van der Waals surface area contributed by atoms with Gasteiger partial charge in [-0.05, 0) is 221 Å². The summed E-state index contributed by atoms with van der Waals surface area (Å²) < 4.78 is 19.7. The van der Waals surface area contributed by atoms with E-state index in [0.717, 1.165) is 67.4 Å². The predicted molar refractivity (Wildman–Crippen MR) is 624 cm³/mol. The normalized spacial score (nSPS) is 11.8. The molecule has 0 aliphatic heterocycles. The minimum atomic E-state index is 0.889. The summed E-state index contributed by atoms with van der Waals surface area (Å²) in [5, 5.41) is 28.1. The zero-order valence-electron chi connectivity index (χ0n) is 77.2. The van der Waals surface area contributed by atoms with Gasteiger partial charge in [-0.3, -0.25) is 0 Å². The fourth-order valence-corrected chi connectivity index (χ4v) is 27.7. The lowest BCUT2D eigenvalue weighted by atomic mass is 9.99. The molecule has 0 fully saturated rings. The summed E-state index contributed by atoms with van der Waals surface area (Å²) >= 11 is 9.40. The molecule has 6 heterocycles. The highest BCUT2D eigenvalue weighted by molar-refractivity contribution is 7.28. The van der Waals surface area contributed by atoms with Crippen LogP contribution in [-0.4, -0.2) is 0 Å². The smallest absolute Gasteiger partial charge is 0.138 e. The number of rotatable bonds is 13. The summed E-state index contributed by atoms with van der Waals surface area (Å²) in [7, 11) is 0. The minimum Gasteiger partial charge on any atom is -0.456 e. The molecule has 0 N–H and O–H groups in total. The van der Waals surface area contributed by atoms with Crippen molar-refractivity contribution >= 4 is 285 Å². The Morgan fingerprint density at radius 3 is 0.972 bits per heavy atom. The van der Waals surface area contributed by atoms with Crippen LogP contribution in [0.15, 0.2) is 508 Å². The second kappa shape index (κ2) is 35.0. The number of para-hydroxylation sites is 1. The van der Waals surface area contributed by atoms with Gasteiger partial charge in [-0.15, -0.1) is 56.7 Å². The predicted octanol–water partition coefficient (Wildman–Crippen LogP) is 41.6. The first-order valence-corrected chi connectivity index (χ1v) is 52.5. The molecule has 0 saturated carbocycles. The van der Waals surface area contributed by atoms with E-state index in [-0.39, 0.29) is 0 Å². The topological polar surface area (TPSA) is 22.9 Å². The molecule has 30 rings (SSSR count). The molecule has 0 radical (unpaired) electrons. The first kappa shape index (κ1) is 84.0. The molecule has 0 atom stereocenters. The Labute approximate surface area is 844 Å². The molecule has 0 spiro atoms. The van der Waals surface area contributed by atoms with Crippen molar-refractivity contribution < 1.29 is 4.42 Å². The lowest BCUT2D eigenvalue weighted by molar-refractivity contribution is 0.669. The molecular weight excluding hydrogens is 1830 g/mol. The summed E-state index contributed by atoms with van der Waals surface area (Å²) in [6.45, 7) is 0. The van der Waals surface area contributed by atoms with E-state index in [1.165, 1.54) is 205 Å². The first-order valence-electron chi connectivity index (χ1n) is 48.4. The van der Waals surface area contributed by atoms with Crippen molar-refractivity contribution in [2.45, 2.75) is 0 Å². The van der Waals surface area contributed by atoms with Crippen molar-refractivity contribution in [3.8, 4) is 44.5 Å². The van der Waals surface area contributed by atoms with Gasteiger partial charge in [0.05, 0.1) is 11.4 Å². The van der Waals surface area contributed by atoms with Crippen molar-refractivity contribution in [3.63, 3.8) is 0 Å². The summed E-state index contributed by atoms with van der Waals surface area (Å²) in [4.78, 5) is 7.27. The number of nitrogens with zero attached hydrogens (tertiary/aromatic N) is 3. The van der Waals surface area contributed by atoms with Gasteiger partial charge in [0, 0.05) is 168 Å². The SMILES string of the molecule is c1ccc(-c2ccc(N(c3ccc4c(c3)sc3c5ccccc5ccc43)c3cc4oc5ccccc5c4c4ccccc34)cc2)cc1.c1ccc(-c2ccc(N(c3ccc4sc5ccccc5c4c3)c3cc4sc5c6ccccc6ccc5c4c4ccccc34)cc2)cc1.c1ccc(-c2cccc(-c3ccc(N(c4ccc5sc6ccccc6c5c4)c4ccc5sc6c7ccccc7ccc6c5c4)cc3)c2)cc1. The molecule has 4 nitrogen and oxygen atoms in total. The molecule has 9 heteroatoms. The Hall–Kier alpha value is -17.1. The monoisotopic (exact) mass is 1910 g/mol. The number of hydrogen-bond donors (Lipinski definition) is 0. The second-order valence-electron chi connectivity index (χ2n) is 36.8. The fraction of sp³-hybridized carbons (Fsp3) is 0. The highest BCUT2D eigenvalue weighted by Crippen LogP contribution is 2.54. The maximum atomic E-state index is 6.53. The molecule has 0 aliphatic carbocycles. The first-order chi connectivity index (χ1) is 70.9. The zero-order valence-corrected chi connectivity index (χ0v) is 81.3. The molecule has 0 amide bonds. The Balaban J connectivity index is 0.000000105. The van der Waals surface area contributed by atoms with Crippen LogP contribution in [0.25, 0.3) is 221 Å². The number of hydrogen-bond acceptors (Lipinski definition) is 9. The highest BCUT2D eigenvalue weighted by atomic mass is 32.1. The van der Waals surface area contributed by atoms with E-state index in [4.69, 9.17) is 4.42 Å². The summed E-state index contributed by atoms with van der Waals surface area (Å²) in [5.41, 5.74) is 21.7. The van der Waals surface area contributed by atoms with Crippen LogP contribution in [0, 0.1) is 0 Å². The Morgan fingerprint density at radius 2 is 0.455 bits per heavy atom. The Morgan fingerprint density at radius 1 is 0.140 bits per heavy atom. The molecule has 6 aromatic heterocycles. The van der Waals surface area contributed by atoms with Crippen LogP contribution in [0.5, 0.6) is 0 Å². The number of thiophene rings is 5. The third-order valence-corrected chi connectivity index (χ3v) is 34.4. The van der Waals surface area contributed by atoms with Crippen molar-refractivity contribution in [1.29, 1.82) is 0 Å². The number of benzene rings is 24. The van der Waals surface area contributed by atoms with Gasteiger partial charge in [-0.2, -0.15) is 0 Å². The van der Waals surface area contributed by atoms with E-state index in [2.05, 4.69) is 512 Å². The number of fused-ring (bicyclic) bond motifs is 28. The van der Waals surface area contributed by atoms with Crippen LogP contribution in [-0.2, 0) is 0 Å². The van der Waals surface area contributed by atoms with Gasteiger partial charge in [0.15, 0.2) is 0 Å². The van der Waals surface area contributed by atoms with Crippen LogP contribution < -0.4 is 14.7 Å². The van der Waals surface area contributed by atoms with Gasteiger partial charge in [-0.25, -0.2) is 0 Å². The van der Waals surface area contributed by atoms with Gasteiger partial charge < -0.3 is 19.1 Å². The summed E-state index contributed by atoms with van der Waals surface area (Å²) in [5.74, 6) is 0. The molecule has 0 saturated heterocycles. The molecule has 0 bridgehead atoms. The number of anilines is 9. The average Bonchev–Trinajstić information content (AvgIpc) is 1.60. The van der Waals surface area contributed by atoms with E-state index in [1.54, 1.807) is 0 Å². The maximum Gasteiger partial charge on any atom is 0.138 e. The summed E-state index contributed by atoms with van der Waals surface area (Å²) in [6.07, 6.45) is 0. The van der Waals surface area contributed by atoms with Crippen molar-refractivity contribution in [1.82, 2.24) is 0 Å². The zero-order chi connectivity index (χ0) is 94.1. The van der Waals surface area contributed by atoms with Crippen molar-refractivity contribution in [2.24, 2.45) is 0 Å². The average molecular weight is 1910 g/mol. The van der Waals surface area contributed by atoms with Crippen LogP contribution in [0.2, 0.25) is 0 Å². The van der Waals surface area contributed by atoms with Crippen LogP contribution in [0.4, 0.5) is 51.2 Å². The van der Waals surface area contributed by atoms with Gasteiger partial charge >= 0.3 is 0 Å². The van der Waals surface area contributed by atoms with Crippen LogP contribution >= 0.6 is 56.7 Å². The standard InChI is InChI=1S/C46H29NS2.C44H27NOS.C44H27NS2/c1-2-9-30(10-3-1)33-12-8-13-34(27-33)31-17-20-35(21-18-31)47(36-22-25-44-41(28-36)39-15-6-7-16-43(39)48-44)37-23-26-45-42(29-37)40-24-19-32-11-4-5-14-38(32)46(40)49-45;1-2-10-28(11-3-1)29-18-21-31(22-19-29)45(32-23-25-35-37-24-20-30-12-4-5-13-33(30)44(37)47-42(35)26-32)39-27-41-43(36-15-7-6-14-34(36)39)38-16-8-9-17-40(38)46-41;1-2-10-28(11-3-1)29-18-21-31(22-19-29)45(32-23-25-41-38(26-32)35-15-8-9-17-40(35)46-41)39-27-42-43(36-16-7-6-14-34(36)39)37-24-20-30-12-4-5-13-33(30)44(37)47-42/h1-29H;2*1-27H. The Kier molecular flexibility index (Phi) is 20.6. The Bertz CT molecular complexity index is 10300. The van der Waals surface area contributed by atoms with Crippen LogP contribution in [0.1, 0.15) is 0 Å². The van der Waals surface area contributed by atoms with Gasteiger partial charge in [0.1, 0.15) is 11.2 Å². The summed E-state index contributed by atoms with van der Waals surface area (Å²) in [6, 6.07) is 183. The van der Waals surface area contributed by atoms with Crippen molar-refractivity contribution in [2.75, 3.05) is 14.7 Å². The van der Waals surface area contributed by atoms with Gasteiger partial charge in [-0.1, -0.05) is 364 Å². The number of furan rings is 1. The highest BCUT2D eigenvalue weighted by Gasteiger charge is 2.27. The minimum absolute atomic E-state index is 0.889. The van der Waals surface area contributed by atoms with E-state index in [0.29, 0.717) is 0 Å². The molecule has 670 valence electrons. The van der Waals surface area contributed by atoms with Crippen LogP contribution in [0.3, 0.4) is 0 Å². The third kappa shape index (κ3) is 14.7. The fourth-order valence-electron chi connectivity index (χ4n) is 21.7. The van der Waals surface area contributed by atoms with Crippen molar-refractivity contribution in [3.05, 3.63) is 504 Å². The second-order valence-corrected chi connectivity index (χ2v) is 42.1. The van der Waals surface area contributed by atoms with Gasteiger partial charge in [0.2, 0.25) is 0 Å². The third-order valence-electron chi connectivity index (χ3n) is 28.5. The van der Waals surface area contributed by atoms with E-state index in [1.807, 2.05) is 62.8 Å². The lowest BCUT2D eigenvalue weighted by Crippen LogP contribution is -2.10. The molecule has 143 heavy (non-hydrogen) atoms. The molecule has 0 unspecified atom stereocenters.